The van der Waals surface area contributed by atoms with E-state index in [4.69, 9.17) is 17.3 Å². The summed E-state index contributed by atoms with van der Waals surface area (Å²) in [6.45, 7) is 4.92. The zero-order valence-electron chi connectivity index (χ0n) is 12.8. The summed E-state index contributed by atoms with van der Waals surface area (Å²) in [5.74, 6) is 0. The van der Waals surface area contributed by atoms with Crippen LogP contribution in [0.1, 0.15) is 30.0 Å². The van der Waals surface area contributed by atoms with Gasteiger partial charge in [-0.05, 0) is 57.6 Å². The Kier molecular flexibility index (Phi) is 5.44. The first-order chi connectivity index (χ1) is 9.52. The van der Waals surface area contributed by atoms with E-state index < -0.39 is 0 Å². The molecule has 112 valence electrons. The van der Waals surface area contributed by atoms with Crippen LogP contribution in [0.15, 0.2) is 18.2 Å². The predicted molar refractivity (Wildman–Crippen MR) is 86.3 cm³/mol. The standard InChI is InChI=1S/C16H26ClN3/c1-12-6-7-13(9-15(12)17)16(10-18)20(3)11-14-5-4-8-19(14)2/h6-7,9,14,16H,4-5,8,10-11,18H2,1-3H3. The third kappa shape index (κ3) is 3.53. The van der Waals surface area contributed by atoms with Gasteiger partial charge in [-0.15, -0.1) is 0 Å². The van der Waals surface area contributed by atoms with Crippen molar-refractivity contribution in [1.29, 1.82) is 0 Å². The molecule has 1 saturated heterocycles. The van der Waals surface area contributed by atoms with Crippen LogP contribution in [0.25, 0.3) is 0 Å². The molecule has 4 heteroatoms. The lowest BCUT2D eigenvalue weighted by Gasteiger charge is -2.32. The number of nitrogens with zero attached hydrogens (tertiary/aromatic N) is 2. The molecule has 1 aromatic carbocycles. The van der Waals surface area contributed by atoms with Crippen LogP contribution in [0.5, 0.6) is 0 Å². The van der Waals surface area contributed by atoms with Gasteiger partial charge >= 0.3 is 0 Å². The predicted octanol–water partition coefficient (Wildman–Crippen LogP) is 2.67. The van der Waals surface area contributed by atoms with Crippen molar-refractivity contribution in [2.45, 2.75) is 31.8 Å². The molecular formula is C16H26ClN3. The summed E-state index contributed by atoms with van der Waals surface area (Å²) in [6.07, 6.45) is 2.59. The van der Waals surface area contributed by atoms with Crippen LogP contribution < -0.4 is 5.73 Å². The Morgan fingerprint density at radius 3 is 2.80 bits per heavy atom. The Hall–Kier alpha value is -0.610. The summed E-state index contributed by atoms with van der Waals surface area (Å²) in [5.41, 5.74) is 8.33. The number of nitrogens with two attached hydrogens (primary N) is 1. The van der Waals surface area contributed by atoms with Gasteiger partial charge in [-0.3, -0.25) is 4.90 Å². The average Bonchev–Trinajstić information content (AvgIpc) is 2.80. The fraction of sp³-hybridized carbons (Fsp3) is 0.625. The Morgan fingerprint density at radius 1 is 1.50 bits per heavy atom. The van der Waals surface area contributed by atoms with Gasteiger partial charge in [0.15, 0.2) is 0 Å². The van der Waals surface area contributed by atoms with Crippen molar-refractivity contribution in [3.05, 3.63) is 34.3 Å². The van der Waals surface area contributed by atoms with Crippen LogP contribution in [-0.2, 0) is 0 Å². The molecule has 20 heavy (non-hydrogen) atoms. The van der Waals surface area contributed by atoms with E-state index in [-0.39, 0.29) is 6.04 Å². The van der Waals surface area contributed by atoms with Crippen molar-refractivity contribution in [1.82, 2.24) is 9.80 Å². The van der Waals surface area contributed by atoms with E-state index in [0.29, 0.717) is 12.6 Å². The molecule has 0 aliphatic carbocycles. The SMILES string of the molecule is Cc1ccc(C(CN)N(C)CC2CCCN2C)cc1Cl. The number of halogens is 1. The summed E-state index contributed by atoms with van der Waals surface area (Å²) in [4.78, 5) is 4.82. The molecule has 1 fully saturated rings. The number of hydrogen-bond donors (Lipinski definition) is 1. The lowest BCUT2D eigenvalue weighted by molar-refractivity contribution is 0.179. The largest absolute Gasteiger partial charge is 0.329 e. The van der Waals surface area contributed by atoms with Gasteiger partial charge in [-0.25, -0.2) is 0 Å². The van der Waals surface area contributed by atoms with Crippen molar-refractivity contribution >= 4 is 11.6 Å². The second-order valence-electron chi connectivity index (χ2n) is 5.98. The molecule has 0 amide bonds. The van der Waals surface area contributed by atoms with Crippen LogP contribution in [0, 0.1) is 6.92 Å². The maximum Gasteiger partial charge on any atom is 0.0468 e. The Bertz CT molecular complexity index is 449. The molecule has 0 radical (unpaired) electrons. The Labute approximate surface area is 127 Å². The highest BCUT2D eigenvalue weighted by atomic mass is 35.5. The van der Waals surface area contributed by atoms with Crippen molar-refractivity contribution in [3.63, 3.8) is 0 Å². The number of hydrogen-bond acceptors (Lipinski definition) is 3. The van der Waals surface area contributed by atoms with Crippen LogP contribution in [0.3, 0.4) is 0 Å². The third-order valence-electron chi connectivity index (χ3n) is 4.51. The van der Waals surface area contributed by atoms with Gasteiger partial charge in [0.05, 0.1) is 0 Å². The van der Waals surface area contributed by atoms with Gasteiger partial charge < -0.3 is 10.6 Å². The fourth-order valence-electron chi connectivity index (χ4n) is 3.06. The Morgan fingerprint density at radius 2 is 2.25 bits per heavy atom. The molecule has 2 unspecified atom stereocenters. The summed E-state index contributed by atoms with van der Waals surface area (Å²) < 4.78 is 0. The molecule has 2 atom stereocenters. The highest BCUT2D eigenvalue weighted by Gasteiger charge is 2.25. The van der Waals surface area contributed by atoms with E-state index in [1.54, 1.807) is 0 Å². The zero-order valence-corrected chi connectivity index (χ0v) is 13.5. The van der Waals surface area contributed by atoms with E-state index in [1.165, 1.54) is 24.9 Å². The van der Waals surface area contributed by atoms with E-state index in [2.05, 4.69) is 42.1 Å². The number of aryl methyl sites for hydroxylation is 1. The van der Waals surface area contributed by atoms with Crippen molar-refractivity contribution in [2.75, 3.05) is 33.7 Å². The number of likely N-dealkylation sites (tertiary alicyclic amines) is 1. The monoisotopic (exact) mass is 295 g/mol. The molecule has 1 aromatic rings. The molecule has 0 saturated carbocycles. The lowest BCUT2D eigenvalue weighted by atomic mass is 10.0. The molecule has 0 bridgehead atoms. The zero-order chi connectivity index (χ0) is 14.7. The van der Waals surface area contributed by atoms with Gasteiger partial charge in [0.25, 0.3) is 0 Å². The fourth-order valence-corrected chi connectivity index (χ4v) is 3.25. The molecule has 0 aromatic heterocycles. The molecule has 2 rings (SSSR count). The van der Waals surface area contributed by atoms with E-state index in [1.807, 2.05) is 6.92 Å². The first kappa shape index (κ1) is 15.8. The van der Waals surface area contributed by atoms with Crippen LogP contribution >= 0.6 is 11.6 Å². The summed E-state index contributed by atoms with van der Waals surface area (Å²) in [7, 11) is 4.38. The first-order valence-electron chi connectivity index (χ1n) is 7.39. The average molecular weight is 296 g/mol. The molecule has 2 N–H and O–H groups in total. The maximum absolute atomic E-state index is 6.25. The van der Waals surface area contributed by atoms with Crippen molar-refractivity contribution < 1.29 is 0 Å². The molecule has 1 heterocycles. The van der Waals surface area contributed by atoms with E-state index in [0.717, 1.165) is 17.1 Å². The minimum atomic E-state index is 0.238. The van der Waals surface area contributed by atoms with E-state index >= 15 is 0 Å². The highest BCUT2D eigenvalue weighted by molar-refractivity contribution is 6.31. The van der Waals surface area contributed by atoms with Crippen molar-refractivity contribution in [2.24, 2.45) is 5.73 Å². The minimum absolute atomic E-state index is 0.238. The van der Waals surface area contributed by atoms with Gasteiger partial charge in [0.1, 0.15) is 0 Å². The summed E-state index contributed by atoms with van der Waals surface area (Å²) in [6, 6.07) is 7.17. The third-order valence-corrected chi connectivity index (χ3v) is 4.91. The number of benzene rings is 1. The topological polar surface area (TPSA) is 32.5 Å². The maximum atomic E-state index is 6.25. The first-order valence-corrected chi connectivity index (χ1v) is 7.77. The van der Waals surface area contributed by atoms with Gasteiger partial charge in [-0.2, -0.15) is 0 Å². The number of likely N-dealkylation sites (N-methyl/N-ethyl adjacent to an activating group) is 2. The van der Waals surface area contributed by atoms with Gasteiger partial charge in [0.2, 0.25) is 0 Å². The second kappa shape index (κ2) is 6.90. The molecule has 1 aliphatic heterocycles. The normalized spacial score (nSPS) is 21.6. The minimum Gasteiger partial charge on any atom is -0.329 e. The quantitative estimate of drug-likeness (QED) is 0.906. The number of rotatable bonds is 5. The van der Waals surface area contributed by atoms with Crippen molar-refractivity contribution in [3.8, 4) is 0 Å². The van der Waals surface area contributed by atoms with Gasteiger partial charge in [-0.1, -0.05) is 23.7 Å². The van der Waals surface area contributed by atoms with Crippen LogP contribution in [0.2, 0.25) is 5.02 Å². The van der Waals surface area contributed by atoms with Gasteiger partial charge in [0, 0.05) is 30.2 Å². The smallest absolute Gasteiger partial charge is 0.0468 e. The Balaban J connectivity index is 2.08. The summed E-state index contributed by atoms with van der Waals surface area (Å²) >= 11 is 6.25. The van der Waals surface area contributed by atoms with E-state index in [9.17, 15) is 0 Å². The molecule has 1 aliphatic rings. The summed E-state index contributed by atoms with van der Waals surface area (Å²) in [5, 5.41) is 0.826. The second-order valence-corrected chi connectivity index (χ2v) is 6.38. The lowest BCUT2D eigenvalue weighted by Crippen LogP contribution is -2.40. The van der Waals surface area contributed by atoms with Crippen LogP contribution in [-0.4, -0.2) is 49.6 Å². The highest BCUT2D eigenvalue weighted by Crippen LogP contribution is 2.25. The molecule has 0 spiro atoms. The molecule has 3 nitrogen and oxygen atoms in total. The van der Waals surface area contributed by atoms with Crippen LogP contribution in [0.4, 0.5) is 0 Å². The molecular weight excluding hydrogens is 270 g/mol.